The molecule has 1 aromatic heterocycles. The molecule has 0 amide bonds. The maximum Gasteiger partial charge on any atom is 0.417 e. The summed E-state index contributed by atoms with van der Waals surface area (Å²) >= 11 is 0. The van der Waals surface area contributed by atoms with Crippen LogP contribution in [0.25, 0.3) is 11.0 Å². The van der Waals surface area contributed by atoms with Crippen LogP contribution in [0, 0.1) is 10.1 Å². The molecular formula is C24H17N3O4. The fourth-order valence-corrected chi connectivity index (χ4v) is 3.97. The van der Waals surface area contributed by atoms with E-state index in [1.807, 2.05) is 60.7 Å². The summed E-state index contributed by atoms with van der Waals surface area (Å²) in [6, 6.07) is 25.8. The molecule has 0 radical (unpaired) electrons. The number of anilines is 1. The van der Waals surface area contributed by atoms with Gasteiger partial charge in [-0.1, -0.05) is 72.8 Å². The van der Waals surface area contributed by atoms with Crippen molar-refractivity contribution in [2.45, 2.75) is 12.5 Å². The van der Waals surface area contributed by atoms with Crippen LogP contribution in [0.15, 0.2) is 99.2 Å². The highest BCUT2D eigenvalue weighted by Gasteiger charge is 2.37. The van der Waals surface area contributed by atoms with Gasteiger partial charge in [0.1, 0.15) is 5.58 Å². The largest absolute Gasteiger partial charge is 0.418 e. The molecule has 7 nitrogen and oxygen atoms in total. The van der Waals surface area contributed by atoms with E-state index in [1.54, 1.807) is 29.3 Å². The Labute approximate surface area is 177 Å². The average molecular weight is 411 g/mol. The summed E-state index contributed by atoms with van der Waals surface area (Å²) in [6.07, 6.45) is 0.541. The minimum atomic E-state index is -0.992. The van der Waals surface area contributed by atoms with Gasteiger partial charge < -0.3 is 4.42 Å². The third-order valence-electron chi connectivity index (χ3n) is 5.38. The Morgan fingerprint density at radius 1 is 0.935 bits per heavy atom. The molecule has 0 unspecified atom stereocenters. The molecule has 1 atom stereocenters. The molecule has 31 heavy (non-hydrogen) atoms. The highest BCUT2D eigenvalue weighted by Crippen LogP contribution is 2.43. The SMILES string of the molecule is O=c1oc2ccccc2c(N2N=C(c3ccccc3)C[C@H]2c2ccccc2)c1[N+](=O)[O-]. The number of hydrazone groups is 1. The molecule has 0 bridgehead atoms. The second kappa shape index (κ2) is 7.53. The first kappa shape index (κ1) is 18.7. The first-order valence-electron chi connectivity index (χ1n) is 9.81. The van der Waals surface area contributed by atoms with Gasteiger partial charge in [-0.2, -0.15) is 5.10 Å². The third-order valence-corrected chi connectivity index (χ3v) is 5.38. The molecule has 2 heterocycles. The van der Waals surface area contributed by atoms with Gasteiger partial charge in [0.15, 0.2) is 5.69 Å². The van der Waals surface area contributed by atoms with Crippen LogP contribution in [0.4, 0.5) is 11.4 Å². The molecule has 4 aromatic rings. The predicted octanol–water partition coefficient (Wildman–Crippen LogP) is 5.06. The topological polar surface area (TPSA) is 89.0 Å². The molecule has 0 N–H and O–H groups in total. The molecule has 0 saturated heterocycles. The third kappa shape index (κ3) is 3.26. The van der Waals surface area contributed by atoms with Crippen molar-refractivity contribution in [1.29, 1.82) is 0 Å². The van der Waals surface area contributed by atoms with Crippen molar-refractivity contribution >= 4 is 28.1 Å². The highest BCUT2D eigenvalue weighted by atomic mass is 16.6. The number of rotatable bonds is 4. The summed E-state index contributed by atoms with van der Waals surface area (Å²) < 4.78 is 5.23. The second-order valence-electron chi connectivity index (χ2n) is 7.23. The molecule has 1 aliphatic rings. The van der Waals surface area contributed by atoms with E-state index in [2.05, 4.69) is 0 Å². The standard InChI is InChI=1S/C24H17N3O4/c28-24-23(27(29)30)22(18-13-7-8-14-21(18)31-24)26-20(17-11-5-2-6-12-17)15-19(25-26)16-9-3-1-4-10-16/h1-14,20H,15H2/t20-/m0/s1. The zero-order valence-corrected chi connectivity index (χ0v) is 16.3. The molecule has 5 rings (SSSR count). The van der Waals surface area contributed by atoms with Gasteiger partial charge in [0.25, 0.3) is 0 Å². The maximum atomic E-state index is 12.6. The number of para-hydroxylation sites is 1. The van der Waals surface area contributed by atoms with E-state index in [9.17, 15) is 14.9 Å². The number of hydrogen-bond donors (Lipinski definition) is 0. The first-order valence-corrected chi connectivity index (χ1v) is 9.81. The predicted molar refractivity (Wildman–Crippen MR) is 118 cm³/mol. The van der Waals surface area contributed by atoms with Gasteiger partial charge in [0, 0.05) is 6.42 Å². The molecule has 0 spiro atoms. The smallest absolute Gasteiger partial charge is 0.417 e. The van der Waals surface area contributed by atoms with E-state index in [1.165, 1.54) is 0 Å². The molecular weight excluding hydrogens is 394 g/mol. The number of benzene rings is 3. The van der Waals surface area contributed by atoms with Gasteiger partial charge in [-0.15, -0.1) is 0 Å². The zero-order chi connectivity index (χ0) is 21.4. The summed E-state index contributed by atoms with van der Waals surface area (Å²) in [5.74, 6) is 0. The normalized spacial score (nSPS) is 15.8. The number of fused-ring (bicyclic) bond motifs is 1. The summed E-state index contributed by atoms with van der Waals surface area (Å²) in [6.45, 7) is 0. The van der Waals surface area contributed by atoms with Gasteiger partial charge in [-0.25, -0.2) is 9.80 Å². The Balaban J connectivity index is 1.79. The fraction of sp³-hybridized carbons (Fsp3) is 0.0833. The first-order chi connectivity index (χ1) is 15.1. The molecule has 0 saturated carbocycles. The summed E-state index contributed by atoms with van der Waals surface area (Å²) in [7, 11) is 0. The quantitative estimate of drug-likeness (QED) is 0.266. The average Bonchev–Trinajstić information content (AvgIpc) is 3.24. The molecule has 7 heteroatoms. The van der Waals surface area contributed by atoms with Crippen LogP contribution in [0.1, 0.15) is 23.6 Å². The number of hydrogen-bond acceptors (Lipinski definition) is 6. The second-order valence-corrected chi connectivity index (χ2v) is 7.23. The van der Waals surface area contributed by atoms with Gasteiger partial charge >= 0.3 is 11.3 Å². The van der Waals surface area contributed by atoms with Crippen LogP contribution in [0.2, 0.25) is 0 Å². The monoisotopic (exact) mass is 411 g/mol. The van der Waals surface area contributed by atoms with Gasteiger partial charge in [-0.3, -0.25) is 10.1 Å². The van der Waals surface area contributed by atoms with Crippen LogP contribution < -0.4 is 10.6 Å². The lowest BCUT2D eigenvalue weighted by Crippen LogP contribution is -2.22. The van der Waals surface area contributed by atoms with Gasteiger partial charge in [0.2, 0.25) is 0 Å². The van der Waals surface area contributed by atoms with Crippen molar-refractivity contribution in [3.63, 3.8) is 0 Å². The van der Waals surface area contributed by atoms with Gasteiger partial charge in [0.05, 0.1) is 22.1 Å². The lowest BCUT2D eigenvalue weighted by atomic mass is 9.98. The summed E-state index contributed by atoms with van der Waals surface area (Å²) in [4.78, 5) is 23.8. The Morgan fingerprint density at radius 3 is 2.29 bits per heavy atom. The van der Waals surface area contributed by atoms with Crippen LogP contribution in [-0.2, 0) is 0 Å². The lowest BCUT2D eigenvalue weighted by molar-refractivity contribution is -0.386. The Bertz CT molecular complexity index is 1360. The van der Waals surface area contributed by atoms with Crippen molar-refractivity contribution in [3.8, 4) is 0 Å². The van der Waals surface area contributed by atoms with Crippen molar-refractivity contribution in [2.24, 2.45) is 5.10 Å². The van der Waals surface area contributed by atoms with Crippen LogP contribution >= 0.6 is 0 Å². The molecule has 3 aromatic carbocycles. The fourth-order valence-electron chi connectivity index (χ4n) is 3.97. The number of nitrogens with zero attached hydrogens (tertiary/aromatic N) is 3. The van der Waals surface area contributed by atoms with Crippen LogP contribution in [0.3, 0.4) is 0 Å². The van der Waals surface area contributed by atoms with E-state index in [0.29, 0.717) is 11.8 Å². The Morgan fingerprint density at radius 2 is 1.58 bits per heavy atom. The van der Waals surface area contributed by atoms with E-state index >= 15 is 0 Å². The van der Waals surface area contributed by atoms with E-state index in [-0.39, 0.29) is 17.3 Å². The summed E-state index contributed by atoms with van der Waals surface area (Å²) in [5, 5.41) is 18.8. The van der Waals surface area contributed by atoms with Crippen molar-refractivity contribution in [3.05, 3.63) is 117 Å². The van der Waals surface area contributed by atoms with E-state index in [0.717, 1.165) is 16.8 Å². The molecule has 1 aliphatic heterocycles. The molecule has 0 fully saturated rings. The Hall–Kier alpha value is -4.26. The maximum absolute atomic E-state index is 12.6. The van der Waals surface area contributed by atoms with Crippen molar-refractivity contribution in [1.82, 2.24) is 0 Å². The Kier molecular flexibility index (Phi) is 4.55. The molecule has 0 aliphatic carbocycles. The lowest BCUT2D eigenvalue weighted by Gasteiger charge is -2.24. The van der Waals surface area contributed by atoms with Crippen LogP contribution in [0.5, 0.6) is 0 Å². The van der Waals surface area contributed by atoms with E-state index < -0.39 is 16.2 Å². The van der Waals surface area contributed by atoms with Crippen molar-refractivity contribution in [2.75, 3.05) is 5.01 Å². The van der Waals surface area contributed by atoms with Crippen LogP contribution in [-0.4, -0.2) is 10.6 Å². The highest BCUT2D eigenvalue weighted by molar-refractivity contribution is 6.05. The minimum absolute atomic E-state index is 0.150. The van der Waals surface area contributed by atoms with Crippen molar-refractivity contribution < 1.29 is 9.34 Å². The van der Waals surface area contributed by atoms with E-state index in [4.69, 9.17) is 9.52 Å². The van der Waals surface area contributed by atoms with Gasteiger partial charge in [-0.05, 0) is 23.3 Å². The zero-order valence-electron chi connectivity index (χ0n) is 16.3. The summed E-state index contributed by atoms with van der Waals surface area (Å²) in [5.41, 5.74) is 1.50. The number of nitro groups is 1. The molecule has 152 valence electrons. The minimum Gasteiger partial charge on any atom is -0.418 e.